The molecule has 0 aliphatic carbocycles. The van der Waals surface area contributed by atoms with Crippen LogP contribution in [-0.4, -0.2) is 49.8 Å². The van der Waals surface area contributed by atoms with E-state index in [1.54, 1.807) is 0 Å². The quantitative estimate of drug-likeness (QED) is 0.772. The molecule has 2 aliphatic heterocycles. The minimum Gasteiger partial charge on any atom is -0.380 e. The largest absolute Gasteiger partial charge is 0.380 e. The van der Waals surface area contributed by atoms with Gasteiger partial charge in [0.05, 0.1) is 6.61 Å². The van der Waals surface area contributed by atoms with Gasteiger partial charge in [-0.05, 0) is 39.2 Å². The van der Waals surface area contributed by atoms with Crippen molar-refractivity contribution >= 4 is 0 Å². The van der Waals surface area contributed by atoms with Crippen molar-refractivity contribution in [1.29, 1.82) is 0 Å². The van der Waals surface area contributed by atoms with Gasteiger partial charge in [0.1, 0.15) is 0 Å². The van der Waals surface area contributed by atoms with Gasteiger partial charge in [0.25, 0.3) is 0 Å². The Morgan fingerprint density at radius 3 is 2.81 bits per heavy atom. The van der Waals surface area contributed by atoms with E-state index in [4.69, 9.17) is 4.74 Å². The van der Waals surface area contributed by atoms with Crippen LogP contribution in [0.3, 0.4) is 0 Å². The van der Waals surface area contributed by atoms with Crippen LogP contribution in [-0.2, 0) is 4.74 Å². The Balaban J connectivity index is 1.83. The third kappa shape index (κ3) is 2.96. The Morgan fingerprint density at radius 2 is 2.12 bits per heavy atom. The molecule has 3 nitrogen and oxygen atoms in total. The van der Waals surface area contributed by atoms with Crippen LogP contribution < -0.4 is 5.32 Å². The number of hydrogen-bond donors (Lipinski definition) is 1. The second-order valence-electron chi connectivity index (χ2n) is 5.69. The highest BCUT2D eigenvalue weighted by Gasteiger charge is 2.30. The summed E-state index contributed by atoms with van der Waals surface area (Å²) in [6, 6.07) is 1.98. The molecule has 2 rings (SSSR count). The van der Waals surface area contributed by atoms with Gasteiger partial charge in [0.15, 0.2) is 0 Å². The number of nitrogens with zero attached hydrogens (tertiary/aromatic N) is 1. The Labute approximate surface area is 99.5 Å². The molecule has 0 bridgehead atoms. The first-order chi connectivity index (χ1) is 7.66. The van der Waals surface area contributed by atoms with Crippen LogP contribution in [0.25, 0.3) is 0 Å². The molecule has 16 heavy (non-hydrogen) atoms. The monoisotopic (exact) mass is 226 g/mol. The molecular weight excluding hydrogens is 200 g/mol. The predicted octanol–water partition coefficient (Wildman–Crippen LogP) is 1.48. The van der Waals surface area contributed by atoms with Crippen molar-refractivity contribution < 1.29 is 4.74 Å². The maximum absolute atomic E-state index is 5.53. The van der Waals surface area contributed by atoms with Crippen LogP contribution in [0.1, 0.15) is 33.1 Å². The van der Waals surface area contributed by atoms with Crippen LogP contribution in [0, 0.1) is 5.92 Å². The molecule has 0 saturated carbocycles. The molecule has 0 spiro atoms. The fourth-order valence-electron chi connectivity index (χ4n) is 2.95. The van der Waals surface area contributed by atoms with Gasteiger partial charge in [0, 0.05) is 31.3 Å². The number of rotatable bonds is 2. The van der Waals surface area contributed by atoms with E-state index in [0.717, 1.165) is 19.1 Å². The highest BCUT2D eigenvalue weighted by atomic mass is 16.5. The van der Waals surface area contributed by atoms with Crippen molar-refractivity contribution in [2.75, 3.05) is 26.8 Å². The van der Waals surface area contributed by atoms with Crippen LogP contribution in [0.15, 0.2) is 0 Å². The second kappa shape index (κ2) is 5.48. The molecule has 1 N–H and O–H groups in total. The van der Waals surface area contributed by atoms with Crippen molar-refractivity contribution in [2.24, 2.45) is 5.92 Å². The van der Waals surface area contributed by atoms with Crippen molar-refractivity contribution in [3.05, 3.63) is 0 Å². The summed E-state index contributed by atoms with van der Waals surface area (Å²) in [4.78, 5) is 2.47. The van der Waals surface area contributed by atoms with Gasteiger partial charge in [-0.15, -0.1) is 0 Å². The average Bonchev–Trinajstić information content (AvgIpc) is 2.27. The third-order valence-corrected chi connectivity index (χ3v) is 4.22. The second-order valence-corrected chi connectivity index (χ2v) is 5.69. The minimum atomic E-state index is 0.594. The molecular formula is C13H26N2O. The van der Waals surface area contributed by atoms with E-state index in [1.165, 1.54) is 25.8 Å². The van der Waals surface area contributed by atoms with Crippen LogP contribution in [0.2, 0.25) is 0 Å². The zero-order chi connectivity index (χ0) is 11.5. The van der Waals surface area contributed by atoms with E-state index in [-0.39, 0.29) is 0 Å². The summed E-state index contributed by atoms with van der Waals surface area (Å²) in [5.74, 6) is 0.753. The summed E-state index contributed by atoms with van der Waals surface area (Å²) in [5.41, 5.74) is 0. The topological polar surface area (TPSA) is 24.5 Å². The fraction of sp³-hybridized carbons (Fsp3) is 1.00. The van der Waals surface area contributed by atoms with E-state index in [0.29, 0.717) is 18.1 Å². The first kappa shape index (κ1) is 12.3. The van der Waals surface area contributed by atoms with E-state index < -0.39 is 0 Å². The van der Waals surface area contributed by atoms with Crippen molar-refractivity contribution in [3.8, 4) is 0 Å². The van der Waals surface area contributed by atoms with Crippen LogP contribution in [0.5, 0.6) is 0 Å². The SMILES string of the molecule is CC1CN(C)C(C)CC1NC1CCCOC1. The fourth-order valence-corrected chi connectivity index (χ4v) is 2.95. The predicted molar refractivity (Wildman–Crippen MR) is 66.6 cm³/mol. The Kier molecular flexibility index (Phi) is 4.22. The molecule has 0 aromatic heterocycles. The van der Waals surface area contributed by atoms with Gasteiger partial charge in [-0.3, -0.25) is 0 Å². The van der Waals surface area contributed by atoms with Crippen molar-refractivity contribution in [3.63, 3.8) is 0 Å². The summed E-state index contributed by atoms with van der Waals surface area (Å²) in [5, 5.41) is 3.81. The highest BCUT2D eigenvalue weighted by molar-refractivity contribution is 4.88. The molecule has 2 saturated heterocycles. The lowest BCUT2D eigenvalue weighted by molar-refractivity contribution is 0.0496. The molecule has 2 aliphatic rings. The standard InChI is InChI=1S/C13H26N2O/c1-10-8-15(3)11(2)7-13(10)14-12-5-4-6-16-9-12/h10-14H,4-9H2,1-3H3. The third-order valence-electron chi connectivity index (χ3n) is 4.22. The van der Waals surface area contributed by atoms with E-state index in [9.17, 15) is 0 Å². The van der Waals surface area contributed by atoms with Gasteiger partial charge < -0.3 is 15.0 Å². The summed E-state index contributed by atoms with van der Waals surface area (Å²) in [6.07, 6.45) is 3.77. The number of piperidine rings is 1. The Hall–Kier alpha value is -0.120. The lowest BCUT2D eigenvalue weighted by Crippen LogP contribution is -2.54. The molecule has 2 fully saturated rings. The normalized spacial score (nSPS) is 42.2. The lowest BCUT2D eigenvalue weighted by atomic mass is 9.89. The minimum absolute atomic E-state index is 0.594. The maximum Gasteiger partial charge on any atom is 0.0619 e. The molecule has 4 unspecified atom stereocenters. The Bertz CT molecular complexity index is 216. The van der Waals surface area contributed by atoms with Crippen LogP contribution in [0.4, 0.5) is 0 Å². The van der Waals surface area contributed by atoms with Crippen molar-refractivity contribution in [2.45, 2.75) is 51.2 Å². The van der Waals surface area contributed by atoms with E-state index in [2.05, 4.69) is 31.1 Å². The van der Waals surface area contributed by atoms with Gasteiger partial charge in [-0.25, -0.2) is 0 Å². The number of likely N-dealkylation sites (tertiary alicyclic amines) is 1. The maximum atomic E-state index is 5.53. The molecule has 0 aromatic rings. The van der Waals surface area contributed by atoms with Gasteiger partial charge in [-0.2, -0.15) is 0 Å². The molecule has 0 aromatic carbocycles. The van der Waals surface area contributed by atoms with Gasteiger partial charge >= 0.3 is 0 Å². The zero-order valence-corrected chi connectivity index (χ0v) is 10.9. The smallest absolute Gasteiger partial charge is 0.0619 e. The number of hydrogen-bond acceptors (Lipinski definition) is 3. The molecule has 4 atom stereocenters. The van der Waals surface area contributed by atoms with Gasteiger partial charge in [-0.1, -0.05) is 6.92 Å². The van der Waals surface area contributed by atoms with Crippen LogP contribution >= 0.6 is 0 Å². The molecule has 94 valence electrons. The van der Waals surface area contributed by atoms with Crippen molar-refractivity contribution in [1.82, 2.24) is 10.2 Å². The van der Waals surface area contributed by atoms with Gasteiger partial charge in [0.2, 0.25) is 0 Å². The first-order valence-electron chi connectivity index (χ1n) is 6.71. The summed E-state index contributed by atoms with van der Waals surface area (Å²) >= 11 is 0. The van der Waals surface area contributed by atoms with E-state index >= 15 is 0 Å². The summed E-state index contributed by atoms with van der Waals surface area (Å²) in [6.45, 7) is 7.78. The molecule has 3 heteroatoms. The summed E-state index contributed by atoms with van der Waals surface area (Å²) < 4.78 is 5.53. The lowest BCUT2D eigenvalue weighted by Gasteiger charge is -2.42. The first-order valence-corrected chi connectivity index (χ1v) is 6.71. The number of nitrogens with one attached hydrogen (secondary N) is 1. The highest BCUT2D eigenvalue weighted by Crippen LogP contribution is 2.22. The van der Waals surface area contributed by atoms with E-state index in [1.807, 2.05) is 0 Å². The summed E-state index contributed by atoms with van der Waals surface area (Å²) in [7, 11) is 2.24. The molecule has 0 amide bonds. The Morgan fingerprint density at radius 1 is 1.31 bits per heavy atom. The zero-order valence-electron chi connectivity index (χ0n) is 10.9. The molecule has 2 heterocycles. The average molecular weight is 226 g/mol. The number of ether oxygens (including phenoxy) is 1. The molecule has 0 radical (unpaired) electrons.